The van der Waals surface area contributed by atoms with Crippen LogP contribution in [0, 0.1) is 0 Å². The molecule has 56 heavy (non-hydrogen) atoms. The fraction of sp³-hybridized carbons (Fsp3) is 0.0189. The van der Waals surface area contributed by atoms with Crippen LogP contribution in [-0.4, -0.2) is 0 Å². The summed E-state index contributed by atoms with van der Waals surface area (Å²) in [5.74, 6) is 0. The second-order valence-electron chi connectivity index (χ2n) is 14.7. The van der Waals surface area contributed by atoms with E-state index in [2.05, 4.69) is 199 Å². The molecule has 0 atom stereocenters. The number of hydrogen-bond acceptors (Lipinski definition) is 3. The summed E-state index contributed by atoms with van der Waals surface area (Å²) in [5, 5.41) is 6.58. The molecule has 0 N–H and O–H groups in total. The summed E-state index contributed by atoms with van der Waals surface area (Å²) in [7, 11) is 0. The van der Waals surface area contributed by atoms with Crippen molar-refractivity contribution in [1.82, 2.24) is 0 Å². The number of nitrogens with zero attached hydrogens (tertiary/aromatic N) is 1. The lowest BCUT2D eigenvalue weighted by Gasteiger charge is -2.34. The predicted molar refractivity (Wildman–Crippen MR) is 230 cm³/mol. The van der Waals surface area contributed by atoms with Crippen molar-refractivity contribution in [2.45, 2.75) is 5.41 Å². The van der Waals surface area contributed by atoms with E-state index in [0.717, 1.165) is 71.7 Å². The normalized spacial score (nSPS) is 13.1. The Bertz CT molecular complexity index is 3280. The third-order valence-electron chi connectivity index (χ3n) is 11.9. The van der Waals surface area contributed by atoms with Gasteiger partial charge in [0.1, 0.15) is 11.2 Å². The zero-order valence-corrected chi connectivity index (χ0v) is 30.3. The van der Waals surface area contributed by atoms with E-state index in [1.54, 1.807) is 0 Å². The molecule has 0 unspecified atom stereocenters. The molecule has 9 aromatic carbocycles. The van der Waals surface area contributed by atoms with E-state index >= 15 is 0 Å². The average molecular weight is 716 g/mol. The van der Waals surface area contributed by atoms with Crippen LogP contribution in [0.4, 0.5) is 17.1 Å². The van der Waals surface area contributed by atoms with Crippen LogP contribution in [0.3, 0.4) is 0 Å². The highest BCUT2D eigenvalue weighted by Crippen LogP contribution is 2.60. The molecule has 2 aromatic heterocycles. The van der Waals surface area contributed by atoms with Crippen molar-refractivity contribution >= 4 is 71.7 Å². The van der Waals surface area contributed by atoms with Gasteiger partial charge in [0.05, 0.1) is 22.5 Å². The van der Waals surface area contributed by atoms with E-state index in [0.29, 0.717) is 0 Å². The molecule has 3 nitrogen and oxygen atoms in total. The Morgan fingerprint density at radius 3 is 1.64 bits per heavy atom. The van der Waals surface area contributed by atoms with Crippen LogP contribution >= 0.6 is 0 Å². The fourth-order valence-corrected chi connectivity index (χ4v) is 9.65. The predicted octanol–water partition coefficient (Wildman–Crippen LogP) is 14.5. The quantitative estimate of drug-likeness (QED) is 0.178. The van der Waals surface area contributed by atoms with Gasteiger partial charge in [-0.3, -0.25) is 0 Å². The van der Waals surface area contributed by atoms with Crippen LogP contribution in [0.25, 0.3) is 65.8 Å². The molecule has 0 saturated heterocycles. The molecule has 1 aliphatic carbocycles. The van der Waals surface area contributed by atoms with Gasteiger partial charge in [-0.2, -0.15) is 0 Å². The minimum Gasteiger partial charge on any atom is -0.454 e. The first-order chi connectivity index (χ1) is 27.8. The van der Waals surface area contributed by atoms with Crippen LogP contribution in [0.2, 0.25) is 0 Å². The van der Waals surface area contributed by atoms with Crippen molar-refractivity contribution in [2.24, 2.45) is 0 Å². The third-order valence-corrected chi connectivity index (χ3v) is 11.9. The molecule has 0 aliphatic heterocycles. The molecule has 262 valence electrons. The first kappa shape index (κ1) is 31.0. The lowest BCUT2D eigenvalue weighted by molar-refractivity contribution is 0.667. The van der Waals surface area contributed by atoms with Gasteiger partial charge in [0, 0.05) is 32.5 Å². The first-order valence-electron chi connectivity index (χ1n) is 19.2. The summed E-state index contributed by atoms with van der Waals surface area (Å²) < 4.78 is 13.9. The molecule has 0 spiro atoms. The topological polar surface area (TPSA) is 29.5 Å². The summed E-state index contributed by atoms with van der Waals surface area (Å²) in [6.45, 7) is 0. The van der Waals surface area contributed by atoms with Crippen LogP contribution in [0.15, 0.2) is 209 Å². The van der Waals surface area contributed by atoms with Crippen LogP contribution in [-0.2, 0) is 5.41 Å². The Kier molecular flexibility index (Phi) is 6.55. The molecule has 2 heterocycles. The Morgan fingerprint density at radius 2 is 0.875 bits per heavy atom. The minimum absolute atomic E-state index is 0.550. The molecule has 3 heteroatoms. The van der Waals surface area contributed by atoms with Crippen molar-refractivity contribution < 1.29 is 8.83 Å². The van der Waals surface area contributed by atoms with E-state index in [-0.39, 0.29) is 0 Å². The molecule has 0 amide bonds. The number of furan rings is 2. The Balaban J connectivity index is 1.23. The third kappa shape index (κ3) is 4.17. The lowest BCUT2D eigenvalue weighted by atomic mass is 9.68. The molecular formula is C53H33NO2. The average Bonchev–Trinajstić information content (AvgIpc) is 3.94. The van der Waals surface area contributed by atoms with Gasteiger partial charge in [-0.05, 0) is 63.5 Å². The number of hydrogen-bond donors (Lipinski definition) is 0. The van der Waals surface area contributed by atoms with Gasteiger partial charge in [0.25, 0.3) is 0 Å². The van der Waals surface area contributed by atoms with E-state index in [1.165, 1.54) is 33.4 Å². The van der Waals surface area contributed by atoms with Crippen LogP contribution in [0.1, 0.15) is 22.3 Å². The summed E-state index contributed by atoms with van der Waals surface area (Å²) in [5.41, 5.74) is 13.1. The fourth-order valence-electron chi connectivity index (χ4n) is 9.65. The highest BCUT2D eigenvalue weighted by Gasteiger charge is 2.47. The van der Waals surface area contributed by atoms with Gasteiger partial charge in [0.2, 0.25) is 0 Å². The van der Waals surface area contributed by atoms with Crippen molar-refractivity contribution in [3.05, 3.63) is 222 Å². The Labute approximate surface area is 323 Å². The summed E-state index contributed by atoms with van der Waals surface area (Å²) >= 11 is 0. The maximum atomic E-state index is 7.09. The van der Waals surface area contributed by atoms with Gasteiger partial charge in [-0.25, -0.2) is 0 Å². The maximum Gasteiger partial charge on any atom is 0.159 e. The molecule has 1 aliphatic rings. The van der Waals surface area contributed by atoms with E-state index in [9.17, 15) is 0 Å². The number of rotatable bonds is 5. The van der Waals surface area contributed by atoms with Gasteiger partial charge in [-0.1, -0.05) is 170 Å². The zero-order valence-electron chi connectivity index (χ0n) is 30.3. The number of fused-ring (bicyclic) bond motifs is 11. The van der Waals surface area contributed by atoms with Gasteiger partial charge in [0.15, 0.2) is 11.2 Å². The Morgan fingerprint density at radius 1 is 0.339 bits per heavy atom. The SMILES string of the molecule is c1ccc(C2(c3ccccc3)c3ccccc3-c3c(N(c4cccc5c4oc4ccccc45)c4cccc5c4oc4c6ccccc6ccc54)cccc32)cc1. The van der Waals surface area contributed by atoms with Crippen LogP contribution < -0.4 is 4.90 Å². The monoisotopic (exact) mass is 715 g/mol. The molecule has 0 bridgehead atoms. The molecule has 0 radical (unpaired) electrons. The second-order valence-corrected chi connectivity index (χ2v) is 14.7. The molecular weight excluding hydrogens is 683 g/mol. The minimum atomic E-state index is -0.550. The van der Waals surface area contributed by atoms with Crippen molar-refractivity contribution in [2.75, 3.05) is 4.90 Å². The largest absolute Gasteiger partial charge is 0.454 e. The molecule has 0 fully saturated rings. The van der Waals surface area contributed by atoms with Crippen LogP contribution in [0.5, 0.6) is 0 Å². The van der Waals surface area contributed by atoms with Gasteiger partial charge in [-0.15, -0.1) is 0 Å². The smallest absolute Gasteiger partial charge is 0.159 e. The summed E-state index contributed by atoms with van der Waals surface area (Å²) in [6.07, 6.45) is 0. The second kappa shape index (κ2) is 11.8. The first-order valence-corrected chi connectivity index (χ1v) is 19.2. The molecule has 12 rings (SSSR count). The number of benzene rings is 9. The van der Waals surface area contributed by atoms with E-state index in [4.69, 9.17) is 8.83 Å². The van der Waals surface area contributed by atoms with Crippen molar-refractivity contribution in [1.29, 1.82) is 0 Å². The highest BCUT2D eigenvalue weighted by molar-refractivity contribution is 6.19. The van der Waals surface area contributed by atoms with Crippen molar-refractivity contribution in [3.63, 3.8) is 0 Å². The maximum absolute atomic E-state index is 7.09. The number of para-hydroxylation sites is 3. The summed E-state index contributed by atoms with van der Waals surface area (Å²) in [4.78, 5) is 2.39. The molecule has 0 saturated carbocycles. The lowest BCUT2D eigenvalue weighted by Crippen LogP contribution is -2.28. The standard InChI is InChI=1S/C53H33NO2/c1-3-17-35(18-4-1)53(36-19-5-2-6-20-36)43-26-11-9-23-42(43)49-44(53)27-15-28-45(49)54(46-29-13-24-39-38-22-10-12-31-48(38)55-51(39)46)47-30-14-25-40-41-33-32-34-16-7-8-21-37(34)50(41)56-52(40)47/h1-33H. The van der Waals surface area contributed by atoms with Gasteiger partial charge >= 0.3 is 0 Å². The Hall–Kier alpha value is -7.36. The molecule has 11 aromatic rings. The number of anilines is 3. The van der Waals surface area contributed by atoms with Crippen molar-refractivity contribution in [3.8, 4) is 11.1 Å². The zero-order chi connectivity index (χ0) is 36.8. The van der Waals surface area contributed by atoms with Gasteiger partial charge < -0.3 is 13.7 Å². The summed E-state index contributed by atoms with van der Waals surface area (Å²) in [6, 6.07) is 71.9. The van der Waals surface area contributed by atoms with E-state index < -0.39 is 5.41 Å². The van der Waals surface area contributed by atoms with E-state index in [1.807, 2.05) is 6.07 Å². The highest BCUT2D eigenvalue weighted by atomic mass is 16.3.